The van der Waals surface area contributed by atoms with Crippen LogP contribution >= 0.6 is 34.4 Å². The number of sulfonamides is 1. The maximum atomic E-state index is 13.1. The highest BCUT2D eigenvalue weighted by molar-refractivity contribution is 8.00. The number of fused-ring (bicyclic) bond motifs is 3. The molecule has 1 saturated heterocycles. The molecule has 2 amide bonds. The summed E-state index contributed by atoms with van der Waals surface area (Å²) in [5.41, 5.74) is 2.01. The van der Waals surface area contributed by atoms with Crippen molar-refractivity contribution in [2.75, 3.05) is 44.4 Å². The largest absolute Gasteiger partial charge is 0.450 e. The fraction of sp³-hybridized carbons (Fsp3) is 0.304. The standard InChI is InChI=1S/C23H23N5O5S4/c1-3-33-23(30)27-10-12-28(13-11-27)37(31,32)15-6-4-14(5-7-15)20(29)26-21-24-16-8-9-17-19(18(16)35-21)36-22(25-17)34-2/h4-9H,3,10-13H2,1-2H3,(H,24,26,29). The fourth-order valence-electron chi connectivity index (χ4n) is 3.92. The number of carbonyl (C=O) groups is 2. The molecule has 0 saturated carbocycles. The van der Waals surface area contributed by atoms with Crippen LogP contribution in [0.4, 0.5) is 9.93 Å². The Balaban J connectivity index is 1.27. The van der Waals surface area contributed by atoms with Crippen LogP contribution in [0.3, 0.4) is 0 Å². The van der Waals surface area contributed by atoms with Crippen molar-refractivity contribution in [2.24, 2.45) is 0 Å². The molecule has 1 fully saturated rings. The van der Waals surface area contributed by atoms with E-state index in [0.717, 1.165) is 24.8 Å². The Labute approximate surface area is 225 Å². The Hall–Kier alpha value is -2.78. The van der Waals surface area contributed by atoms with Crippen molar-refractivity contribution in [3.05, 3.63) is 42.0 Å². The summed E-state index contributed by atoms with van der Waals surface area (Å²) in [6.07, 6.45) is 1.54. The normalized spacial score (nSPS) is 14.8. The second-order valence-electron chi connectivity index (χ2n) is 8.03. The maximum absolute atomic E-state index is 13.1. The minimum absolute atomic E-state index is 0.0887. The molecule has 37 heavy (non-hydrogen) atoms. The third-order valence-electron chi connectivity index (χ3n) is 5.81. The third kappa shape index (κ3) is 5.16. The van der Waals surface area contributed by atoms with E-state index in [4.69, 9.17) is 4.74 Å². The van der Waals surface area contributed by atoms with Crippen molar-refractivity contribution in [1.29, 1.82) is 0 Å². The summed E-state index contributed by atoms with van der Waals surface area (Å²) < 4.78 is 35.4. The van der Waals surface area contributed by atoms with Crippen LogP contribution < -0.4 is 5.32 Å². The van der Waals surface area contributed by atoms with Crippen molar-refractivity contribution in [2.45, 2.75) is 16.2 Å². The molecule has 2 aromatic heterocycles. The van der Waals surface area contributed by atoms with E-state index in [9.17, 15) is 18.0 Å². The summed E-state index contributed by atoms with van der Waals surface area (Å²) in [4.78, 5) is 35.4. The number of thiazole rings is 2. The number of carbonyl (C=O) groups excluding carboxylic acids is 2. The van der Waals surface area contributed by atoms with E-state index >= 15 is 0 Å². The summed E-state index contributed by atoms with van der Waals surface area (Å²) in [6, 6.07) is 9.62. The molecule has 0 aliphatic carbocycles. The lowest BCUT2D eigenvalue weighted by Gasteiger charge is -2.33. The van der Waals surface area contributed by atoms with Crippen molar-refractivity contribution in [3.8, 4) is 0 Å². The van der Waals surface area contributed by atoms with Gasteiger partial charge in [-0.25, -0.2) is 23.2 Å². The van der Waals surface area contributed by atoms with Gasteiger partial charge in [-0.05, 0) is 49.6 Å². The van der Waals surface area contributed by atoms with E-state index in [1.165, 1.54) is 44.8 Å². The van der Waals surface area contributed by atoms with E-state index in [0.29, 0.717) is 10.7 Å². The number of hydrogen-bond donors (Lipinski definition) is 1. The topological polar surface area (TPSA) is 122 Å². The molecule has 0 atom stereocenters. The Morgan fingerprint density at radius 2 is 1.65 bits per heavy atom. The van der Waals surface area contributed by atoms with Crippen LogP contribution in [-0.4, -0.2) is 78.6 Å². The first kappa shape index (κ1) is 25.9. The van der Waals surface area contributed by atoms with Crippen LogP contribution in [0.1, 0.15) is 17.3 Å². The summed E-state index contributed by atoms with van der Waals surface area (Å²) in [5.74, 6) is -0.378. The van der Waals surface area contributed by atoms with Gasteiger partial charge in [0.15, 0.2) is 9.47 Å². The Morgan fingerprint density at radius 3 is 2.30 bits per heavy atom. The molecule has 1 N–H and O–H groups in total. The lowest BCUT2D eigenvalue weighted by atomic mass is 10.2. The average molecular weight is 578 g/mol. The van der Waals surface area contributed by atoms with Gasteiger partial charge in [0, 0.05) is 31.7 Å². The molecule has 5 rings (SSSR count). The number of rotatable bonds is 6. The van der Waals surface area contributed by atoms with Crippen LogP contribution in [0.2, 0.25) is 0 Å². The molecule has 2 aromatic carbocycles. The number of nitrogens with one attached hydrogen (secondary N) is 1. The number of hydrogen-bond acceptors (Lipinski definition) is 10. The molecule has 0 bridgehead atoms. The minimum Gasteiger partial charge on any atom is -0.450 e. The van der Waals surface area contributed by atoms with Crippen LogP contribution in [0.25, 0.3) is 20.4 Å². The number of anilines is 1. The van der Waals surface area contributed by atoms with Crippen molar-refractivity contribution >= 4 is 82.0 Å². The lowest BCUT2D eigenvalue weighted by molar-refractivity contribution is 0.0933. The minimum atomic E-state index is -3.76. The third-order valence-corrected chi connectivity index (χ3v) is 10.9. The number of amides is 2. The Bertz CT molecular complexity index is 1570. The number of thioether (sulfide) groups is 1. The molecule has 194 valence electrons. The molecule has 3 heterocycles. The van der Waals surface area contributed by atoms with Gasteiger partial charge >= 0.3 is 6.09 Å². The van der Waals surface area contributed by atoms with Gasteiger partial charge in [0.2, 0.25) is 10.0 Å². The zero-order valence-electron chi connectivity index (χ0n) is 20.0. The second-order valence-corrected chi connectivity index (χ2v) is 13.0. The van der Waals surface area contributed by atoms with E-state index < -0.39 is 16.1 Å². The SMILES string of the molecule is CCOC(=O)N1CCN(S(=O)(=O)c2ccc(C(=O)Nc3nc4ccc5nc(SC)sc5c4s3)cc2)CC1. The Kier molecular flexibility index (Phi) is 7.36. The first-order chi connectivity index (χ1) is 17.8. The monoisotopic (exact) mass is 577 g/mol. The van der Waals surface area contributed by atoms with E-state index in [1.54, 1.807) is 30.0 Å². The van der Waals surface area contributed by atoms with Crippen LogP contribution in [0, 0.1) is 0 Å². The highest BCUT2D eigenvalue weighted by atomic mass is 32.2. The predicted octanol–water partition coefficient (Wildman–Crippen LogP) is 4.34. The second kappa shape index (κ2) is 10.5. The molecule has 4 aromatic rings. The highest BCUT2D eigenvalue weighted by Gasteiger charge is 2.30. The zero-order chi connectivity index (χ0) is 26.2. The van der Waals surface area contributed by atoms with Gasteiger partial charge < -0.3 is 9.64 Å². The first-order valence-electron chi connectivity index (χ1n) is 11.4. The molecule has 10 nitrogen and oxygen atoms in total. The molecular weight excluding hydrogens is 555 g/mol. The van der Waals surface area contributed by atoms with E-state index in [1.807, 2.05) is 18.4 Å². The smallest absolute Gasteiger partial charge is 0.409 e. The van der Waals surface area contributed by atoms with Gasteiger partial charge in [0.25, 0.3) is 5.91 Å². The van der Waals surface area contributed by atoms with Crippen molar-refractivity contribution < 1.29 is 22.7 Å². The van der Waals surface area contributed by atoms with Gasteiger partial charge in [0.1, 0.15) is 0 Å². The summed E-state index contributed by atoms with van der Waals surface area (Å²) in [7, 11) is -3.76. The van der Waals surface area contributed by atoms with E-state index in [-0.39, 0.29) is 43.6 Å². The lowest BCUT2D eigenvalue weighted by Crippen LogP contribution is -2.50. The zero-order valence-corrected chi connectivity index (χ0v) is 23.2. The summed E-state index contributed by atoms with van der Waals surface area (Å²) in [5, 5.41) is 3.28. The maximum Gasteiger partial charge on any atom is 0.409 e. The molecule has 0 unspecified atom stereocenters. The summed E-state index contributed by atoms with van der Waals surface area (Å²) >= 11 is 4.57. The van der Waals surface area contributed by atoms with Gasteiger partial charge in [-0.15, -0.1) is 11.3 Å². The molecule has 1 aliphatic rings. The van der Waals surface area contributed by atoms with E-state index in [2.05, 4.69) is 15.3 Å². The number of benzene rings is 2. The number of nitrogens with zero attached hydrogens (tertiary/aromatic N) is 4. The predicted molar refractivity (Wildman–Crippen MR) is 146 cm³/mol. The number of ether oxygens (including phenoxy) is 1. The quantitative estimate of drug-likeness (QED) is 0.336. The molecule has 0 spiro atoms. The number of aromatic nitrogens is 2. The van der Waals surface area contributed by atoms with Crippen LogP contribution in [-0.2, 0) is 14.8 Å². The highest BCUT2D eigenvalue weighted by Crippen LogP contribution is 2.38. The molecule has 14 heteroatoms. The first-order valence-corrected chi connectivity index (χ1v) is 15.7. The average Bonchev–Trinajstić information content (AvgIpc) is 3.52. The molecule has 0 radical (unpaired) electrons. The summed E-state index contributed by atoms with van der Waals surface area (Å²) in [6.45, 7) is 2.85. The fourth-order valence-corrected chi connectivity index (χ4v) is 7.99. The Morgan fingerprint density at radius 1 is 1.00 bits per heavy atom. The van der Waals surface area contributed by atoms with Crippen molar-refractivity contribution in [1.82, 2.24) is 19.2 Å². The molecule has 1 aliphatic heterocycles. The number of piperazine rings is 1. The van der Waals surface area contributed by atoms with Gasteiger partial charge in [-0.3, -0.25) is 10.1 Å². The van der Waals surface area contributed by atoms with Gasteiger partial charge in [-0.2, -0.15) is 4.31 Å². The van der Waals surface area contributed by atoms with Gasteiger partial charge in [0.05, 0.1) is 31.9 Å². The molecular formula is C23H23N5O5S4. The van der Waals surface area contributed by atoms with Crippen molar-refractivity contribution in [3.63, 3.8) is 0 Å². The van der Waals surface area contributed by atoms with Gasteiger partial charge in [-0.1, -0.05) is 23.1 Å². The van der Waals surface area contributed by atoms with Crippen LogP contribution in [0.5, 0.6) is 0 Å². The van der Waals surface area contributed by atoms with Crippen LogP contribution in [0.15, 0.2) is 45.6 Å².